The van der Waals surface area contributed by atoms with E-state index in [0.717, 1.165) is 17.3 Å². The maximum absolute atomic E-state index is 13.9. The number of hydrogen-bond donors (Lipinski definition) is 0. The van der Waals surface area contributed by atoms with E-state index in [1.807, 2.05) is 0 Å². The molecule has 0 aromatic heterocycles. The van der Waals surface area contributed by atoms with Crippen LogP contribution in [0.25, 0.3) is 6.08 Å². The minimum absolute atomic E-state index is 0.0184. The zero-order chi connectivity index (χ0) is 24.2. The minimum atomic E-state index is -0.375. The van der Waals surface area contributed by atoms with Gasteiger partial charge in [-0.25, -0.2) is 4.39 Å². The van der Waals surface area contributed by atoms with Gasteiger partial charge in [0.1, 0.15) is 12.4 Å². The van der Waals surface area contributed by atoms with Crippen LogP contribution in [0.2, 0.25) is 5.02 Å². The number of benzene rings is 3. The van der Waals surface area contributed by atoms with Crippen molar-refractivity contribution >= 4 is 56.5 Å². The molecule has 5 nitrogen and oxygen atoms in total. The Morgan fingerprint density at radius 2 is 1.85 bits per heavy atom. The molecular formula is C25H18BrClFNO4S. The summed E-state index contributed by atoms with van der Waals surface area (Å²) in [7, 11) is 1.49. The molecule has 2 amide bonds. The molecule has 34 heavy (non-hydrogen) atoms. The third-order valence-electron chi connectivity index (χ3n) is 5.01. The molecule has 0 aliphatic carbocycles. The number of hydrogen-bond acceptors (Lipinski definition) is 5. The summed E-state index contributed by atoms with van der Waals surface area (Å²) in [5.74, 6) is 0.0690. The van der Waals surface area contributed by atoms with Gasteiger partial charge in [0.05, 0.1) is 23.0 Å². The van der Waals surface area contributed by atoms with Crippen molar-refractivity contribution in [2.45, 2.75) is 13.2 Å². The van der Waals surface area contributed by atoms with E-state index in [2.05, 4.69) is 15.9 Å². The fourth-order valence-corrected chi connectivity index (χ4v) is 4.83. The Hall–Kier alpha value is -2.81. The maximum atomic E-state index is 13.9. The number of nitrogens with zero attached hydrogens (tertiary/aromatic N) is 1. The molecule has 1 heterocycles. The summed E-state index contributed by atoms with van der Waals surface area (Å²) >= 11 is 10.2. The fourth-order valence-electron chi connectivity index (χ4n) is 3.29. The predicted molar refractivity (Wildman–Crippen MR) is 134 cm³/mol. The van der Waals surface area contributed by atoms with Crippen LogP contribution in [0.1, 0.15) is 16.7 Å². The molecule has 1 aliphatic rings. The second-order valence-corrected chi connectivity index (χ2v) is 9.59. The Morgan fingerprint density at radius 1 is 1.12 bits per heavy atom. The molecule has 3 aromatic rings. The molecule has 0 radical (unpaired) electrons. The molecule has 1 aliphatic heterocycles. The Kier molecular flexibility index (Phi) is 7.60. The zero-order valence-electron chi connectivity index (χ0n) is 17.9. The first-order chi connectivity index (χ1) is 16.4. The SMILES string of the molecule is COc1cc(/C=C2\SC(=O)N(Cc3ccc(Cl)cc3)C2=O)cc(Br)c1OCc1ccccc1F. The normalized spacial score (nSPS) is 14.7. The van der Waals surface area contributed by atoms with Crippen molar-refractivity contribution in [3.05, 3.63) is 97.6 Å². The molecule has 0 saturated carbocycles. The van der Waals surface area contributed by atoms with Gasteiger partial charge in [0.25, 0.3) is 11.1 Å². The summed E-state index contributed by atoms with van der Waals surface area (Å²) in [6.45, 7) is 0.180. The number of thioether (sulfide) groups is 1. The molecule has 0 atom stereocenters. The Labute approximate surface area is 213 Å². The molecule has 174 valence electrons. The number of methoxy groups -OCH3 is 1. The topological polar surface area (TPSA) is 55.8 Å². The predicted octanol–water partition coefficient (Wildman–Crippen LogP) is 7.07. The number of imide groups is 1. The van der Waals surface area contributed by atoms with Crippen molar-refractivity contribution in [3.63, 3.8) is 0 Å². The third kappa shape index (κ3) is 5.46. The zero-order valence-corrected chi connectivity index (χ0v) is 21.0. The lowest BCUT2D eigenvalue weighted by molar-refractivity contribution is -0.123. The van der Waals surface area contributed by atoms with Gasteiger partial charge in [-0.2, -0.15) is 0 Å². The van der Waals surface area contributed by atoms with Crippen LogP contribution in [0.3, 0.4) is 0 Å². The molecule has 4 rings (SSSR count). The van der Waals surface area contributed by atoms with E-state index in [1.54, 1.807) is 60.7 Å². The highest BCUT2D eigenvalue weighted by molar-refractivity contribution is 9.10. The summed E-state index contributed by atoms with van der Waals surface area (Å²) < 4.78 is 25.7. The molecular weight excluding hydrogens is 545 g/mol. The highest BCUT2D eigenvalue weighted by atomic mass is 79.9. The molecule has 0 bridgehead atoms. The van der Waals surface area contributed by atoms with Crippen LogP contribution in [-0.2, 0) is 17.9 Å². The number of ether oxygens (including phenoxy) is 2. The lowest BCUT2D eigenvalue weighted by atomic mass is 10.1. The van der Waals surface area contributed by atoms with Crippen molar-refractivity contribution in [3.8, 4) is 11.5 Å². The van der Waals surface area contributed by atoms with Crippen LogP contribution in [0, 0.1) is 5.82 Å². The van der Waals surface area contributed by atoms with E-state index < -0.39 is 0 Å². The fraction of sp³-hybridized carbons (Fsp3) is 0.120. The number of carbonyl (C=O) groups is 2. The number of halogens is 3. The van der Waals surface area contributed by atoms with Gasteiger partial charge in [0.2, 0.25) is 0 Å². The molecule has 3 aromatic carbocycles. The average molecular weight is 563 g/mol. The maximum Gasteiger partial charge on any atom is 0.293 e. The van der Waals surface area contributed by atoms with Gasteiger partial charge in [0, 0.05) is 10.6 Å². The smallest absolute Gasteiger partial charge is 0.293 e. The van der Waals surface area contributed by atoms with Gasteiger partial charge in [-0.05, 0) is 75.2 Å². The molecule has 0 spiro atoms. The van der Waals surface area contributed by atoms with E-state index >= 15 is 0 Å². The number of amides is 2. The highest BCUT2D eigenvalue weighted by Gasteiger charge is 2.35. The first-order valence-corrected chi connectivity index (χ1v) is 12.1. The van der Waals surface area contributed by atoms with E-state index in [-0.39, 0.29) is 30.1 Å². The standard InChI is InChI=1S/C25H18BrClFNO4S/c1-32-21-11-16(10-19(26)23(21)33-14-17-4-2-3-5-20(17)28)12-22-24(30)29(25(31)34-22)13-15-6-8-18(27)9-7-15/h2-12H,13-14H2,1H3/b22-12-. The van der Waals surface area contributed by atoms with Crippen LogP contribution < -0.4 is 9.47 Å². The van der Waals surface area contributed by atoms with Crippen LogP contribution in [0.4, 0.5) is 9.18 Å². The van der Waals surface area contributed by atoms with Crippen LogP contribution in [-0.4, -0.2) is 23.2 Å². The second-order valence-electron chi connectivity index (χ2n) is 7.31. The lowest BCUT2D eigenvalue weighted by Gasteiger charge is -2.14. The summed E-state index contributed by atoms with van der Waals surface area (Å²) in [6.07, 6.45) is 1.63. The first kappa shape index (κ1) is 24.3. The Bertz CT molecular complexity index is 1280. The summed E-state index contributed by atoms with van der Waals surface area (Å²) in [5, 5.41) is 0.237. The molecule has 0 N–H and O–H groups in total. The number of carbonyl (C=O) groups excluding carboxylic acids is 2. The van der Waals surface area contributed by atoms with Crippen molar-refractivity contribution in [1.29, 1.82) is 0 Å². The van der Waals surface area contributed by atoms with Crippen molar-refractivity contribution in [2.75, 3.05) is 7.11 Å². The third-order valence-corrected chi connectivity index (χ3v) is 6.76. The second kappa shape index (κ2) is 10.6. The van der Waals surface area contributed by atoms with E-state index in [1.165, 1.54) is 18.1 Å². The summed E-state index contributed by atoms with van der Waals surface area (Å²) in [4.78, 5) is 26.8. The van der Waals surface area contributed by atoms with Gasteiger partial charge in [-0.15, -0.1) is 0 Å². The molecule has 1 saturated heterocycles. The molecule has 0 unspecified atom stereocenters. The first-order valence-electron chi connectivity index (χ1n) is 10.1. The molecule has 9 heteroatoms. The monoisotopic (exact) mass is 561 g/mol. The van der Waals surface area contributed by atoms with E-state index in [4.69, 9.17) is 21.1 Å². The van der Waals surface area contributed by atoms with Gasteiger partial charge in [-0.3, -0.25) is 14.5 Å². The van der Waals surface area contributed by atoms with Crippen LogP contribution >= 0.6 is 39.3 Å². The van der Waals surface area contributed by atoms with Gasteiger partial charge < -0.3 is 9.47 Å². The quantitative estimate of drug-likeness (QED) is 0.288. The van der Waals surface area contributed by atoms with Crippen molar-refractivity contribution in [2.24, 2.45) is 0 Å². The number of rotatable bonds is 7. The van der Waals surface area contributed by atoms with E-state index in [9.17, 15) is 14.0 Å². The Balaban J connectivity index is 1.53. The largest absolute Gasteiger partial charge is 0.493 e. The van der Waals surface area contributed by atoms with Crippen LogP contribution in [0.15, 0.2) is 70.0 Å². The van der Waals surface area contributed by atoms with Gasteiger partial charge in [-0.1, -0.05) is 41.9 Å². The summed E-state index contributed by atoms with van der Waals surface area (Å²) in [5.41, 5.74) is 1.85. The lowest BCUT2D eigenvalue weighted by Crippen LogP contribution is -2.27. The average Bonchev–Trinajstić information content (AvgIpc) is 3.07. The Morgan fingerprint density at radius 3 is 2.56 bits per heavy atom. The minimum Gasteiger partial charge on any atom is -0.493 e. The summed E-state index contributed by atoms with van der Waals surface area (Å²) in [6, 6.07) is 16.8. The van der Waals surface area contributed by atoms with Crippen molar-refractivity contribution in [1.82, 2.24) is 4.90 Å². The van der Waals surface area contributed by atoms with Crippen LogP contribution in [0.5, 0.6) is 11.5 Å². The van der Waals surface area contributed by atoms with Crippen molar-refractivity contribution < 1.29 is 23.5 Å². The van der Waals surface area contributed by atoms with E-state index in [0.29, 0.717) is 37.0 Å². The molecule has 1 fully saturated rings. The highest BCUT2D eigenvalue weighted by Crippen LogP contribution is 2.39. The van der Waals surface area contributed by atoms with Gasteiger partial charge in [0.15, 0.2) is 11.5 Å². The van der Waals surface area contributed by atoms with Gasteiger partial charge >= 0.3 is 0 Å².